The van der Waals surface area contributed by atoms with E-state index in [9.17, 15) is 5.11 Å². The van der Waals surface area contributed by atoms with Gasteiger partial charge in [-0.1, -0.05) is 25.5 Å². The van der Waals surface area contributed by atoms with Gasteiger partial charge in [0.1, 0.15) is 5.75 Å². The van der Waals surface area contributed by atoms with E-state index in [0.29, 0.717) is 38.8 Å². The van der Waals surface area contributed by atoms with Gasteiger partial charge in [0, 0.05) is 17.3 Å². The van der Waals surface area contributed by atoms with Crippen LogP contribution in [0.1, 0.15) is 19.8 Å². The molecule has 1 aromatic carbocycles. The lowest BCUT2D eigenvalue weighted by Crippen LogP contribution is -2.10. The molecule has 0 spiro atoms. The topological polar surface area (TPSA) is 47.9 Å². The van der Waals surface area contributed by atoms with Crippen LogP contribution in [-0.4, -0.2) is 50.5 Å². The summed E-state index contributed by atoms with van der Waals surface area (Å²) in [5.74, 6) is 1.14. The first-order chi connectivity index (χ1) is 10.3. The third-order valence-corrected chi connectivity index (χ3v) is 3.76. The van der Waals surface area contributed by atoms with Crippen molar-refractivity contribution >= 4 is 11.8 Å². The molecule has 1 rings (SSSR count). The van der Waals surface area contributed by atoms with Crippen LogP contribution >= 0.6 is 11.8 Å². The predicted octanol–water partition coefficient (Wildman–Crippen LogP) is 3.33. The van der Waals surface area contributed by atoms with Crippen LogP contribution in [0.5, 0.6) is 5.75 Å². The zero-order valence-electron chi connectivity index (χ0n) is 12.8. The van der Waals surface area contributed by atoms with Crippen molar-refractivity contribution in [2.24, 2.45) is 0 Å². The highest BCUT2D eigenvalue weighted by Gasteiger charge is 1.99. The van der Waals surface area contributed by atoms with E-state index in [1.807, 2.05) is 18.2 Å². The van der Waals surface area contributed by atoms with E-state index >= 15 is 0 Å². The molecule has 0 saturated heterocycles. The number of aromatic hydroxyl groups is 1. The first kappa shape index (κ1) is 18.3. The predicted molar refractivity (Wildman–Crippen MR) is 86.2 cm³/mol. The van der Waals surface area contributed by atoms with Gasteiger partial charge in [-0.05, 0) is 18.6 Å². The van der Waals surface area contributed by atoms with Crippen LogP contribution in [-0.2, 0) is 14.2 Å². The van der Waals surface area contributed by atoms with Crippen molar-refractivity contribution in [3.8, 4) is 5.75 Å². The minimum Gasteiger partial charge on any atom is -0.507 e. The van der Waals surface area contributed by atoms with Crippen molar-refractivity contribution in [3.63, 3.8) is 0 Å². The highest BCUT2D eigenvalue weighted by molar-refractivity contribution is 7.99. The molecule has 120 valence electrons. The molecule has 0 fully saturated rings. The summed E-state index contributed by atoms with van der Waals surface area (Å²) in [5.41, 5.74) is 0. The quantitative estimate of drug-likeness (QED) is 0.447. The molecule has 21 heavy (non-hydrogen) atoms. The van der Waals surface area contributed by atoms with Gasteiger partial charge < -0.3 is 19.3 Å². The number of phenols is 1. The van der Waals surface area contributed by atoms with Crippen LogP contribution in [0.15, 0.2) is 29.2 Å². The van der Waals surface area contributed by atoms with Crippen LogP contribution in [0.2, 0.25) is 0 Å². The van der Waals surface area contributed by atoms with Crippen LogP contribution in [0.4, 0.5) is 0 Å². The van der Waals surface area contributed by atoms with Gasteiger partial charge in [0.2, 0.25) is 0 Å². The number of rotatable bonds is 13. The number of thioether (sulfide) groups is 1. The van der Waals surface area contributed by atoms with Crippen molar-refractivity contribution in [3.05, 3.63) is 24.3 Å². The maximum absolute atomic E-state index is 9.59. The Morgan fingerprint density at radius 3 is 2.19 bits per heavy atom. The minimum atomic E-state index is 0.328. The molecule has 0 amide bonds. The summed E-state index contributed by atoms with van der Waals surface area (Å²) >= 11 is 1.59. The number of phenolic OH excluding ortho intramolecular Hbond substituents is 1. The number of hydrogen-bond donors (Lipinski definition) is 1. The Labute approximate surface area is 131 Å². The van der Waals surface area contributed by atoms with E-state index in [0.717, 1.165) is 30.1 Å². The number of unbranched alkanes of at least 4 members (excludes halogenated alkanes) is 1. The Morgan fingerprint density at radius 2 is 1.52 bits per heavy atom. The molecule has 1 aromatic rings. The zero-order chi connectivity index (χ0) is 15.2. The molecule has 0 aliphatic rings. The van der Waals surface area contributed by atoms with E-state index in [1.165, 1.54) is 0 Å². The Morgan fingerprint density at radius 1 is 0.905 bits per heavy atom. The number of hydrogen-bond acceptors (Lipinski definition) is 5. The van der Waals surface area contributed by atoms with Gasteiger partial charge in [-0.25, -0.2) is 0 Å². The smallest absolute Gasteiger partial charge is 0.129 e. The van der Waals surface area contributed by atoms with Crippen molar-refractivity contribution < 1.29 is 19.3 Å². The second kappa shape index (κ2) is 13.0. The van der Waals surface area contributed by atoms with Crippen LogP contribution in [0.3, 0.4) is 0 Å². The zero-order valence-corrected chi connectivity index (χ0v) is 13.6. The van der Waals surface area contributed by atoms with Crippen LogP contribution in [0, 0.1) is 0 Å². The van der Waals surface area contributed by atoms with Gasteiger partial charge in [-0.3, -0.25) is 0 Å². The van der Waals surface area contributed by atoms with Crippen molar-refractivity contribution in [1.29, 1.82) is 0 Å². The number of para-hydroxylation sites is 1. The second-order valence-electron chi connectivity index (χ2n) is 4.51. The van der Waals surface area contributed by atoms with Gasteiger partial charge in [0.15, 0.2) is 0 Å². The van der Waals surface area contributed by atoms with Gasteiger partial charge in [-0.2, -0.15) is 0 Å². The Bertz CT molecular complexity index is 360. The average Bonchev–Trinajstić information content (AvgIpc) is 2.50. The molecule has 1 N–H and O–H groups in total. The van der Waals surface area contributed by atoms with Crippen molar-refractivity contribution in [2.45, 2.75) is 24.7 Å². The summed E-state index contributed by atoms with van der Waals surface area (Å²) in [7, 11) is 0. The first-order valence-corrected chi connectivity index (χ1v) is 8.47. The molecule has 0 saturated carbocycles. The fourth-order valence-electron chi connectivity index (χ4n) is 1.58. The Kier molecular flexibility index (Phi) is 11.3. The lowest BCUT2D eigenvalue weighted by Gasteiger charge is -2.07. The fraction of sp³-hybridized carbons (Fsp3) is 0.625. The van der Waals surface area contributed by atoms with Gasteiger partial charge in [0.05, 0.1) is 33.0 Å². The van der Waals surface area contributed by atoms with E-state index in [4.69, 9.17) is 14.2 Å². The van der Waals surface area contributed by atoms with Gasteiger partial charge in [-0.15, -0.1) is 11.8 Å². The second-order valence-corrected chi connectivity index (χ2v) is 5.64. The van der Waals surface area contributed by atoms with E-state index in [2.05, 4.69) is 6.92 Å². The normalized spacial score (nSPS) is 10.9. The molecule has 0 bridgehead atoms. The van der Waals surface area contributed by atoms with E-state index < -0.39 is 0 Å². The van der Waals surface area contributed by atoms with E-state index in [-0.39, 0.29) is 0 Å². The van der Waals surface area contributed by atoms with Gasteiger partial charge >= 0.3 is 0 Å². The largest absolute Gasteiger partial charge is 0.507 e. The summed E-state index contributed by atoms with van der Waals surface area (Å²) in [6.07, 6.45) is 2.27. The SMILES string of the molecule is CCCCOCCOCCOCCSc1ccccc1O. The molecule has 0 heterocycles. The van der Waals surface area contributed by atoms with Crippen molar-refractivity contribution in [1.82, 2.24) is 0 Å². The summed E-state index contributed by atoms with van der Waals surface area (Å²) in [4.78, 5) is 0.890. The first-order valence-electron chi connectivity index (χ1n) is 7.48. The molecule has 5 heteroatoms. The molecule has 0 atom stereocenters. The third kappa shape index (κ3) is 9.74. The monoisotopic (exact) mass is 314 g/mol. The molecule has 0 unspecified atom stereocenters. The fourth-order valence-corrected chi connectivity index (χ4v) is 2.39. The van der Waals surface area contributed by atoms with Crippen LogP contribution in [0.25, 0.3) is 0 Å². The highest BCUT2D eigenvalue weighted by Crippen LogP contribution is 2.27. The summed E-state index contributed by atoms with van der Waals surface area (Å²) in [6, 6.07) is 7.33. The number of ether oxygens (including phenoxy) is 3. The van der Waals surface area contributed by atoms with Crippen LogP contribution < -0.4 is 0 Å². The lowest BCUT2D eigenvalue weighted by atomic mass is 10.3. The maximum Gasteiger partial charge on any atom is 0.129 e. The highest BCUT2D eigenvalue weighted by atomic mass is 32.2. The maximum atomic E-state index is 9.59. The Balaban J connectivity index is 1.84. The number of benzene rings is 1. The summed E-state index contributed by atoms with van der Waals surface area (Å²) < 4.78 is 16.3. The minimum absolute atomic E-state index is 0.328. The molecular weight excluding hydrogens is 288 g/mol. The third-order valence-electron chi connectivity index (χ3n) is 2.74. The standard InChI is InChI=1S/C16H26O4S/c1-2-3-8-18-9-10-19-11-12-20-13-14-21-16-7-5-4-6-15(16)17/h4-7,17H,2-3,8-14H2,1H3. The molecule has 0 aliphatic carbocycles. The summed E-state index contributed by atoms with van der Waals surface area (Å²) in [6.45, 7) is 6.08. The van der Waals surface area contributed by atoms with Crippen molar-refractivity contribution in [2.75, 3.05) is 45.4 Å². The molecule has 0 radical (unpaired) electrons. The Hall–Kier alpha value is -0.750. The molecule has 0 aromatic heterocycles. The molecule has 4 nitrogen and oxygen atoms in total. The summed E-state index contributed by atoms with van der Waals surface area (Å²) in [5, 5.41) is 9.59. The average molecular weight is 314 g/mol. The van der Waals surface area contributed by atoms with Gasteiger partial charge in [0.25, 0.3) is 0 Å². The molecular formula is C16H26O4S. The van der Waals surface area contributed by atoms with E-state index in [1.54, 1.807) is 17.8 Å². The lowest BCUT2D eigenvalue weighted by molar-refractivity contribution is 0.0169. The molecule has 0 aliphatic heterocycles.